The fourth-order valence-electron chi connectivity index (χ4n) is 1.74. The maximum Gasteiger partial charge on any atom is 0.222 e. The van der Waals surface area contributed by atoms with E-state index < -0.39 is 0 Å². The highest BCUT2D eigenvalue weighted by molar-refractivity contribution is 9.10. The maximum atomic E-state index is 11.4. The molecule has 0 saturated carbocycles. The molecule has 0 unspecified atom stereocenters. The largest absolute Gasteiger partial charge is 0.507 e. The van der Waals surface area contributed by atoms with Gasteiger partial charge in [0.1, 0.15) is 5.75 Å². The average Bonchev–Trinajstić information content (AvgIpc) is 2.59. The average molecular weight is 270 g/mol. The van der Waals surface area contributed by atoms with Crippen LogP contribution < -0.4 is 0 Å². The van der Waals surface area contributed by atoms with Crippen LogP contribution >= 0.6 is 15.9 Å². The summed E-state index contributed by atoms with van der Waals surface area (Å²) < 4.78 is 0.673. The van der Waals surface area contributed by atoms with Gasteiger partial charge in [-0.15, -0.1) is 0 Å². The van der Waals surface area contributed by atoms with Gasteiger partial charge in [-0.3, -0.25) is 4.79 Å². The third-order valence-corrected chi connectivity index (χ3v) is 3.19. The summed E-state index contributed by atoms with van der Waals surface area (Å²) in [6.45, 7) is 1.48. The van der Waals surface area contributed by atoms with E-state index in [1.165, 1.54) is 0 Å². The molecule has 1 N–H and O–H groups in total. The fourth-order valence-corrected chi connectivity index (χ4v) is 2.17. The third kappa shape index (κ3) is 2.31. The van der Waals surface area contributed by atoms with Crippen molar-refractivity contribution in [2.45, 2.75) is 19.4 Å². The summed E-state index contributed by atoms with van der Waals surface area (Å²) in [4.78, 5) is 13.2. The monoisotopic (exact) mass is 269 g/mol. The van der Waals surface area contributed by atoms with Gasteiger partial charge in [0, 0.05) is 19.5 Å². The number of benzene rings is 1. The lowest BCUT2D eigenvalue weighted by atomic mass is 10.2. The lowest BCUT2D eigenvalue weighted by Gasteiger charge is -2.15. The van der Waals surface area contributed by atoms with Gasteiger partial charge in [-0.05, 0) is 40.0 Å². The quantitative estimate of drug-likeness (QED) is 0.895. The van der Waals surface area contributed by atoms with Gasteiger partial charge in [0.2, 0.25) is 5.91 Å². The Bertz CT molecular complexity index is 392. The van der Waals surface area contributed by atoms with Gasteiger partial charge in [-0.2, -0.15) is 0 Å². The molecule has 0 radical (unpaired) electrons. The molecule has 0 spiro atoms. The smallest absolute Gasteiger partial charge is 0.222 e. The molecule has 0 aliphatic carbocycles. The van der Waals surface area contributed by atoms with Crippen LogP contribution in [0.5, 0.6) is 5.75 Å². The highest BCUT2D eigenvalue weighted by atomic mass is 79.9. The standard InChI is InChI=1S/C11H12BrNO2/c12-9-6-8(3-4-10(9)14)7-13-5-1-2-11(13)15/h3-4,6,14H,1-2,5,7H2. The van der Waals surface area contributed by atoms with Crippen molar-refractivity contribution in [1.82, 2.24) is 4.90 Å². The number of nitrogens with zero attached hydrogens (tertiary/aromatic N) is 1. The summed E-state index contributed by atoms with van der Waals surface area (Å²) in [5.74, 6) is 0.450. The number of rotatable bonds is 2. The number of hydrogen-bond donors (Lipinski definition) is 1. The van der Waals surface area contributed by atoms with Crippen LogP contribution in [0, 0.1) is 0 Å². The van der Waals surface area contributed by atoms with Crippen molar-refractivity contribution in [3.8, 4) is 5.75 Å². The molecule has 1 aliphatic heterocycles. The minimum absolute atomic E-state index is 0.221. The molecular formula is C11H12BrNO2. The summed E-state index contributed by atoms with van der Waals surface area (Å²) >= 11 is 3.26. The topological polar surface area (TPSA) is 40.5 Å². The third-order valence-electron chi connectivity index (χ3n) is 2.56. The van der Waals surface area contributed by atoms with E-state index in [-0.39, 0.29) is 11.7 Å². The molecule has 0 atom stereocenters. The van der Waals surface area contributed by atoms with Crippen LogP contribution in [0.4, 0.5) is 0 Å². The zero-order chi connectivity index (χ0) is 10.8. The minimum Gasteiger partial charge on any atom is -0.507 e. The van der Waals surface area contributed by atoms with E-state index >= 15 is 0 Å². The molecule has 3 nitrogen and oxygen atoms in total. The highest BCUT2D eigenvalue weighted by Crippen LogP contribution is 2.25. The molecular weight excluding hydrogens is 258 g/mol. The van der Waals surface area contributed by atoms with E-state index in [1.807, 2.05) is 17.0 Å². The SMILES string of the molecule is O=C1CCCN1Cc1ccc(O)c(Br)c1. The zero-order valence-electron chi connectivity index (χ0n) is 8.24. The molecule has 1 aromatic carbocycles. The van der Waals surface area contributed by atoms with E-state index in [0.717, 1.165) is 18.5 Å². The van der Waals surface area contributed by atoms with Crippen molar-refractivity contribution in [3.05, 3.63) is 28.2 Å². The van der Waals surface area contributed by atoms with E-state index in [2.05, 4.69) is 15.9 Å². The number of carbonyl (C=O) groups is 1. The van der Waals surface area contributed by atoms with E-state index in [4.69, 9.17) is 0 Å². The van der Waals surface area contributed by atoms with Crippen molar-refractivity contribution >= 4 is 21.8 Å². The van der Waals surface area contributed by atoms with Crippen molar-refractivity contribution in [1.29, 1.82) is 0 Å². The first-order valence-electron chi connectivity index (χ1n) is 4.92. The maximum absolute atomic E-state index is 11.4. The van der Waals surface area contributed by atoms with Crippen LogP contribution in [0.15, 0.2) is 22.7 Å². The minimum atomic E-state index is 0.221. The second-order valence-electron chi connectivity index (χ2n) is 3.70. The van der Waals surface area contributed by atoms with E-state index in [1.54, 1.807) is 6.07 Å². The first-order chi connectivity index (χ1) is 7.16. The second kappa shape index (κ2) is 4.23. The van der Waals surface area contributed by atoms with Crippen LogP contribution in [0.1, 0.15) is 18.4 Å². The molecule has 4 heteroatoms. The molecule has 1 heterocycles. The van der Waals surface area contributed by atoms with Crippen LogP contribution in [-0.4, -0.2) is 22.5 Å². The van der Waals surface area contributed by atoms with Gasteiger partial charge in [-0.25, -0.2) is 0 Å². The number of likely N-dealkylation sites (tertiary alicyclic amines) is 1. The van der Waals surface area contributed by atoms with Gasteiger partial charge in [0.25, 0.3) is 0 Å². The Labute approximate surface area is 96.8 Å². The highest BCUT2D eigenvalue weighted by Gasteiger charge is 2.19. The molecule has 1 aliphatic rings. The van der Waals surface area contributed by atoms with Gasteiger partial charge in [0.15, 0.2) is 0 Å². The van der Waals surface area contributed by atoms with Crippen molar-refractivity contribution in [2.75, 3.05) is 6.54 Å². The summed E-state index contributed by atoms with van der Waals surface area (Å²) in [5, 5.41) is 9.33. The number of hydrogen-bond acceptors (Lipinski definition) is 2. The molecule has 1 amide bonds. The zero-order valence-corrected chi connectivity index (χ0v) is 9.83. The van der Waals surface area contributed by atoms with Gasteiger partial charge >= 0.3 is 0 Å². The normalized spacial score (nSPS) is 16.1. The Morgan fingerprint density at radius 3 is 2.87 bits per heavy atom. The van der Waals surface area contributed by atoms with Crippen LogP contribution in [0.2, 0.25) is 0 Å². The molecule has 1 aromatic rings. The number of phenolic OH excluding ortho intramolecular Hbond substituents is 1. The number of halogens is 1. The summed E-state index contributed by atoms with van der Waals surface area (Å²) in [6.07, 6.45) is 1.62. The Hall–Kier alpha value is -1.03. The Kier molecular flexibility index (Phi) is 2.95. The summed E-state index contributed by atoms with van der Waals surface area (Å²) in [7, 11) is 0. The van der Waals surface area contributed by atoms with Crippen LogP contribution in [0.3, 0.4) is 0 Å². The lowest BCUT2D eigenvalue weighted by Crippen LogP contribution is -2.23. The van der Waals surface area contributed by atoms with Crippen molar-refractivity contribution < 1.29 is 9.90 Å². The number of carbonyl (C=O) groups excluding carboxylic acids is 1. The lowest BCUT2D eigenvalue weighted by molar-refractivity contribution is -0.128. The Morgan fingerprint density at radius 1 is 1.47 bits per heavy atom. The van der Waals surface area contributed by atoms with E-state index in [9.17, 15) is 9.90 Å². The molecule has 2 rings (SSSR count). The Balaban J connectivity index is 2.10. The van der Waals surface area contributed by atoms with Crippen molar-refractivity contribution in [2.24, 2.45) is 0 Å². The fraction of sp³-hybridized carbons (Fsp3) is 0.364. The molecule has 0 aromatic heterocycles. The predicted octanol–water partition coefficient (Wildman–Crippen LogP) is 2.28. The first-order valence-corrected chi connectivity index (χ1v) is 5.71. The molecule has 1 saturated heterocycles. The first kappa shape index (κ1) is 10.5. The number of amides is 1. The van der Waals surface area contributed by atoms with Crippen LogP contribution in [0.25, 0.3) is 0 Å². The van der Waals surface area contributed by atoms with Gasteiger partial charge in [0.05, 0.1) is 4.47 Å². The Morgan fingerprint density at radius 2 is 2.27 bits per heavy atom. The van der Waals surface area contributed by atoms with Gasteiger partial charge < -0.3 is 10.0 Å². The van der Waals surface area contributed by atoms with Crippen LogP contribution in [-0.2, 0) is 11.3 Å². The number of phenols is 1. The summed E-state index contributed by atoms with van der Waals surface area (Å²) in [5.41, 5.74) is 1.04. The summed E-state index contributed by atoms with van der Waals surface area (Å²) in [6, 6.07) is 5.33. The molecule has 1 fully saturated rings. The predicted molar refractivity (Wildman–Crippen MR) is 60.5 cm³/mol. The molecule has 15 heavy (non-hydrogen) atoms. The molecule has 80 valence electrons. The second-order valence-corrected chi connectivity index (χ2v) is 4.56. The van der Waals surface area contributed by atoms with Gasteiger partial charge in [-0.1, -0.05) is 6.07 Å². The number of aromatic hydroxyl groups is 1. The molecule has 0 bridgehead atoms. The van der Waals surface area contributed by atoms with E-state index in [0.29, 0.717) is 17.4 Å². The van der Waals surface area contributed by atoms with Crippen molar-refractivity contribution in [3.63, 3.8) is 0 Å².